The molecule has 0 aliphatic rings. The van der Waals surface area contributed by atoms with E-state index in [1.165, 1.54) is 5.56 Å². The number of ether oxygens (including phenoxy) is 1. The molecule has 1 aromatic rings. The smallest absolute Gasteiger partial charge is 0.0552 e. The molecule has 20 heavy (non-hydrogen) atoms. The molecule has 114 valence electrons. The van der Waals surface area contributed by atoms with Gasteiger partial charge in [-0.25, -0.2) is 0 Å². The Hall–Kier alpha value is -0.860. The van der Waals surface area contributed by atoms with Crippen molar-refractivity contribution in [1.29, 1.82) is 0 Å². The molecule has 1 aromatic carbocycles. The maximum atomic E-state index is 5.53. The Bertz CT molecular complexity index is 363. The molecule has 2 unspecified atom stereocenters. The van der Waals surface area contributed by atoms with Crippen LogP contribution in [0, 0.1) is 5.92 Å². The van der Waals surface area contributed by atoms with Crippen LogP contribution in [0.1, 0.15) is 46.1 Å². The van der Waals surface area contributed by atoms with Gasteiger partial charge >= 0.3 is 0 Å². The summed E-state index contributed by atoms with van der Waals surface area (Å²) in [6.07, 6.45) is 2.45. The van der Waals surface area contributed by atoms with Crippen molar-refractivity contribution in [2.45, 2.75) is 52.1 Å². The Morgan fingerprint density at radius 1 is 1.15 bits per heavy atom. The molecule has 0 saturated heterocycles. The molecule has 2 atom stereocenters. The van der Waals surface area contributed by atoms with Crippen molar-refractivity contribution in [3.8, 4) is 0 Å². The third-order valence-corrected chi connectivity index (χ3v) is 4.16. The van der Waals surface area contributed by atoms with Crippen molar-refractivity contribution >= 4 is 0 Å². The van der Waals surface area contributed by atoms with Gasteiger partial charge in [0.15, 0.2) is 0 Å². The highest BCUT2D eigenvalue weighted by Crippen LogP contribution is 2.33. The van der Waals surface area contributed by atoms with Crippen LogP contribution in [-0.2, 0) is 10.2 Å². The zero-order valence-electron chi connectivity index (χ0n) is 13.8. The van der Waals surface area contributed by atoms with Gasteiger partial charge in [0.05, 0.1) is 6.10 Å². The van der Waals surface area contributed by atoms with Crippen LogP contribution in [0.5, 0.6) is 0 Å². The predicted molar refractivity (Wildman–Crippen MR) is 87.2 cm³/mol. The second-order valence-corrected chi connectivity index (χ2v) is 6.28. The summed E-state index contributed by atoms with van der Waals surface area (Å²) in [7, 11) is 1.80. The number of hydrogen-bond acceptors (Lipinski definition) is 2. The van der Waals surface area contributed by atoms with Crippen LogP contribution in [0.15, 0.2) is 30.3 Å². The van der Waals surface area contributed by atoms with Gasteiger partial charge in [0, 0.05) is 19.1 Å². The monoisotopic (exact) mass is 277 g/mol. The largest absolute Gasteiger partial charge is 0.382 e. The molecule has 0 bridgehead atoms. The van der Waals surface area contributed by atoms with E-state index in [1.807, 2.05) is 0 Å². The van der Waals surface area contributed by atoms with E-state index in [0.29, 0.717) is 5.92 Å². The molecule has 0 spiro atoms. The molecule has 2 nitrogen and oxygen atoms in total. The van der Waals surface area contributed by atoms with Gasteiger partial charge in [-0.1, -0.05) is 51.1 Å². The first-order chi connectivity index (χ1) is 9.54. The van der Waals surface area contributed by atoms with Crippen molar-refractivity contribution in [2.75, 3.05) is 20.2 Å². The molecule has 0 radical (unpaired) electrons. The van der Waals surface area contributed by atoms with Crippen molar-refractivity contribution in [1.82, 2.24) is 5.32 Å². The average Bonchev–Trinajstić information content (AvgIpc) is 2.46. The maximum absolute atomic E-state index is 5.53. The highest BCUT2D eigenvalue weighted by molar-refractivity contribution is 5.26. The van der Waals surface area contributed by atoms with Crippen LogP contribution in [0.25, 0.3) is 0 Å². The average molecular weight is 277 g/mol. The molecule has 0 aromatic heterocycles. The highest BCUT2D eigenvalue weighted by Gasteiger charge is 2.31. The fraction of sp³-hybridized carbons (Fsp3) is 0.667. The standard InChI is InChI=1S/C18H31NO/c1-6-18(12-16(4)20-5,14-19-13-15(2)3)17-10-8-7-9-11-17/h7-11,15-16,19H,6,12-14H2,1-5H3. The topological polar surface area (TPSA) is 21.3 Å². The lowest BCUT2D eigenvalue weighted by Crippen LogP contribution is -2.41. The van der Waals surface area contributed by atoms with Crippen LogP contribution in [0.4, 0.5) is 0 Å². The minimum atomic E-state index is 0.158. The van der Waals surface area contributed by atoms with E-state index in [0.717, 1.165) is 25.9 Å². The Kier molecular flexibility index (Phi) is 7.25. The summed E-state index contributed by atoms with van der Waals surface area (Å²) in [5.74, 6) is 0.681. The quantitative estimate of drug-likeness (QED) is 0.736. The molecule has 2 heteroatoms. The molecule has 0 fully saturated rings. The first-order valence-electron chi connectivity index (χ1n) is 7.83. The van der Waals surface area contributed by atoms with Crippen LogP contribution >= 0.6 is 0 Å². The molecule has 0 aliphatic heterocycles. The summed E-state index contributed by atoms with van der Waals surface area (Å²) in [4.78, 5) is 0. The van der Waals surface area contributed by atoms with Gasteiger partial charge in [0.25, 0.3) is 0 Å². The zero-order chi connectivity index (χ0) is 15.0. The summed E-state index contributed by atoms with van der Waals surface area (Å²) in [6, 6.07) is 10.9. The first kappa shape index (κ1) is 17.2. The van der Waals surface area contributed by atoms with Gasteiger partial charge in [0.2, 0.25) is 0 Å². The lowest BCUT2D eigenvalue weighted by Gasteiger charge is -2.36. The van der Waals surface area contributed by atoms with E-state index in [9.17, 15) is 0 Å². The Labute approximate surface area is 124 Å². The Morgan fingerprint density at radius 2 is 1.80 bits per heavy atom. The summed E-state index contributed by atoms with van der Waals surface area (Å²) in [5.41, 5.74) is 1.58. The lowest BCUT2D eigenvalue weighted by molar-refractivity contribution is 0.0844. The van der Waals surface area contributed by atoms with Gasteiger partial charge in [-0.15, -0.1) is 0 Å². The van der Waals surface area contributed by atoms with Crippen LogP contribution < -0.4 is 5.32 Å². The summed E-state index contributed by atoms with van der Waals surface area (Å²) >= 11 is 0. The van der Waals surface area contributed by atoms with Crippen molar-refractivity contribution < 1.29 is 4.74 Å². The van der Waals surface area contributed by atoms with E-state index < -0.39 is 0 Å². The molecule has 0 heterocycles. The summed E-state index contributed by atoms with van der Waals surface area (Å²) < 4.78 is 5.53. The number of methoxy groups -OCH3 is 1. The molecular formula is C18H31NO. The summed E-state index contributed by atoms with van der Waals surface area (Å²) in [5, 5.41) is 3.65. The SMILES string of the molecule is CCC(CNCC(C)C)(CC(C)OC)c1ccccc1. The molecule has 1 N–H and O–H groups in total. The Morgan fingerprint density at radius 3 is 2.30 bits per heavy atom. The van der Waals surface area contributed by atoms with Crippen molar-refractivity contribution in [3.05, 3.63) is 35.9 Å². The fourth-order valence-corrected chi connectivity index (χ4v) is 2.79. The van der Waals surface area contributed by atoms with Crippen LogP contribution in [0.3, 0.4) is 0 Å². The third kappa shape index (κ3) is 4.92. The third-order valence-electron chi connectivity index (χ3n) is 4.16. The molecule has 0 aliphatic carbocycles. The Balaban J connectivity index is 2.90. The number of benzene rings is 1. The lowest BCUT2D eigenvalue weighted by atomic mass is 9.74. The first-order valence-corrected chi connectivity index (χ1v) is 7.83. The van der Waals surface area contributed by atoms with E-state index in [-0.39, 0.29) is 11.5 Å². The van der Waals surface area contributed by atoms with Gasteiger partial charge in [0.1, 0.15) is 0 Å². The highest BCUT2D eigenvalue weighted by atomic mass is 16.5. The normalized spacial score (nSPS) is 16.1. The van der Waals surface area contributed by atoms with Crippen molar-refractivity contribution in [2.24, 2.45) is 5.92 Å². The molecular weight excluding hydrogens is 246 g/mol. The minimum absolute atomic E-state index is 0.158. The van der Waals surface area contributed by atoms with Crippen molar-refractivity contribution in [3.63, 3.8) is 0 Å². The van der Waals surface area contributed by atoms with E-state index in [1.54, 1.807) is 7.11 Å². The predicted octanol–water partition coefficient (Wildman–Crippen LogP) is 4.01. The van der Waals surface area contributed by atoms with Gasteiger partial charge in [-0.2, -0.15) is 0 Å². The molecule has 0 saturated carbocycles. The van der Waals surface area contributed by atoms with Gasteiger partial charge in [-0.05, 0) is 37.8 Å². The molecule has 1 rings (SSSR count). The second kappa shape index (κ2) is 8.43. The number of rotatable bonds is 9. The number of hydrogen-bond donors (Lipinski definition) is 1. The van der Waals surface area contributed by atoms with E-state index in [2.05, 4.69) is 63.3 Å². The minimum Gasteiger partial charge on any atom is -0.382 e. The fourth-order valence-electron chi connectivity index (χ4n) is 2.79. The maximum Gasteiger partial charge on any atom is 0.0552 e. The van der Waals surface area contributed by atoms with Crippen LogP contribution in [0.2, 0.25) is 0 Å². The van der Waals surface area contributed by atoms with Gasteiger partial charge < -0.3 is 10.1 Å². The van der Waals surface area contributed by atoms with Crippen LogP contribution in [-0.4, -0.2) is 26.3 Å². The second-order valence-electron chi connectivity index (χ2n) is 6.28. The zero-order valence-corrected chi connectivity index (χ0v) is 13.8. The molecule has 0 amide bonds. The number of nitrogens with one attached hydrogen (secondary N) is 1. The van der Waals surface area contributed by atoms with Gasteiger partial charge in [-0.3, -0.25) is 0 Å². The van der Waals surface area contributed by atoms with E-state index in [4.69, 9.17) is 4.74 Å². The van der Waals surface area contributed by atoms with E-state index >= 15 is 0 Å². The summed E-state index contributed by atoms with van der Waals surface area (Å²) in [6.45, 7) is 11.0.